The summed E-state index contributed by atoms with van der Waals surface area (Å²) in [6.07, 6.45) is 1.15. The Morgan fingerprint density at radius 2 is 2.40 bits per heavy atom. The zero-order valence-electron chi connectivity index (χ0n) is 9.36. The number of nitrogens with one attached hydrogen (secondary N) is 1. The summed E-state index contributed by atoms with van der Waals surface area (Å²) in [5.41, 5.74) is 1.05. The lowest BCUT2D eigenvalue weighted by atomic mass is 10.0. The quantitative estimate of drug-likeness (QED) is 0.823. The molecule has 0 bridgehead atoms. The Morgan fingerprint density at radius 3 is 3.07 bits per heavy atom. The fourth-order valence-electron chi connectivity index (χ4n) is 1.92. The summed E-state index contributed by atoms with van der Waals surface area (Å²) >= 11 is 0. The molecule has 0 saturated carbocycles. The lowest BCUT2D eigenvalue weighted by Gasteiger charge is -2.19. The van der Waals surface area contributed by atoms with Gasteiger partial charge in [0.15, 0.2) is 0 Å². The molecule has 1 aromatic rings. The molecule has 3 heteroatoms. The van der Waals surface area contributed by atoms with Gasteiger partial charge in [-0.15, -0.1) is 0 Å². The van der Waals surface area contributed by atoms with Gasteiger partial charge in [0.25, 0.3) is 0 Å². The zero-order chi connectivity index (χ0) is 10.7. The average molecular weight is 206 g/mol. The van der Waals surface area contributed by atoms with Crippen molar-refractivity contribution < 1.29 is 4.74 Å². The lowest BCUT2D eigenvalue weighted by molar-refractivity contribution is 0.183. The molecule has 2 rings (SSSR count). The van der Waals surface area contributed by atoms with Gasteiger partial charge in [0.2, 0.25) is 0 Å². The van der Waals surface area contributed by atoms with Crippen molar-refractivity contribution in [2.45, 2.75) is 26.3 Å². The standard InChI is InChI=1S/C12H18N2O/c1-9-4-3-5-12(13-9)14-10(2)11-6-7-15-8-11/h3-5,10-11H,6-8H2,1-2H3,(H,13,14). The first-order chi connectivity index (χ1) is 7.25. The Bertz CT molecular complexity index is 321. The third kappa shape index (κ3) is 2.69. The van der Waals surface area contributed by atoms with E-state index >= 15 is 0 Å². The van der Waals surface area contributed by atoms with E-state index in [1.807, 2.05) is 25.1 Å². The number of hydrogen-bond acceptors (Lipinski definition) is 3. The highest BCUT2D eigenvalue weighted by atomic mass is 16.5. The maximum atomic E-state index is 5.38. The van der Waals surface area contributed by atoms with Gasteiger partial charge in [0.1, 0.15) is 5.82 Å². The van der Waals surface area contributed by atoms with Crippen molar-refractivity contribution in [3.63, 3.8) is 0 Å². The Balaban J connectivity index is 1.95. The van der Waals surface area contributed by atoms with Gasteiger partial charge < -0.3 is 10.1 Å². The van der Waals surface area contributed by atoms with Crippen LogP contribution in [0.2, 0.25) is 0 Å². The highest BCUT2D eigenvalue weighted by Crippen LogP contribution is 2.19. The Hall–Kier alpha value is -1.09. The van der Waals surface area contributed by atoms with Gasteiger partial charge in [0.05, 0.1) is 6.61 Å². The predicted octanol–water partition coefficient (Wildman–Crippen LogP) is 2.23. The van der Waals surface area contributed by atoms with Crippen molar-refractivity contribution >= 4 is 5.82 Å². The molecule has 1 aliphatic rings. The van der Waals surface area contributed by atoms with Crippen LogP contribution in [0.1, 0.15) is 19.0 Å². The predicted molar refractivity (Wildman–Crippen MR) is 61.0 cm³/mol. The van der Waals surface area contributed by atoms with E-state index in [4.69, 9.17) is 4.74 Å². The number of anilines is 1. The van der Waals surface area contributed by atoms with Crippen LogP contribution >= 0.6 is 0 Å². The fourth-order valence-corrected chi connectivity index (χ4v) is 1.92. The summed E-state index contributed by atoms with van der Waals surface area (Å²) in [4.78, 5) is 4.43. The topological polar surface area (TPSA) is 34.1 Å². The average Bonchev–Trinajstić information content (AvgIpc) is 2.70. The van der Waals surface area contributed by atoms with Gasteiger partial charge >= 0.3 is 0 Å². The molecule has 0 radical (unpaired) electrons. The van der Waals surface area contributed by atoms with Gasteiger partial charge in [0, 0.05) is 24.3 Å². The molecule has 3 nitrogen and oxygen atoms in total. The van der Waals surface area contributed by atoms with Crippen LogP contribution in [-0.2, 0) is 4.74 Å². The summed E-state index contributed by atoms with van der Waals surface area (Å²) in [6.45, 7) is 5.98. The number of aromatic nitrogens is 1. The van der Waals surface area contributed by atoms with E-state index in [1.54, 1.807) is 0 Å². The van der Waals surface area contributed by atoms with Crippen LogP contribution < -0.4 is 5.32 Å². The summed E-state index contributed by atoms with van der Waals surface area (Å²) in [5.74, 6) is 1.58. The highest BCUT2D eigenvalue weighted by Gasteiger charge is 2.22. The number of rotatable bonds is 3. The molecule has 1 N–H and O–H groups in total. The van der Waals surface area contributed by atoms with E-state index in [-0.39, 0.29) is 0 Å². The lowest BCUT2D eigenvalue weighted by Crippen LogP contribution is -2.26. The second-order valence-corrected chi connectivity index (χ2v) is 4.22. The molecule has 1 aromatic heterocycles. The van der Waals surface area contributed by atoms with E-state index in [0.29, 0.717) is 12.0 Å². The van der Waals surface area contributed by atoms with Crippen LogP contribution in [0, 0.1) is 12.8 Å². The van der Waals surface area contributed by atoms with Crippen LogP contribution in [0.4, 0.5) is 5.82 Å². The second kappa shape index (κ2) is 4.62. The van der Waals surface area contributed by atoms with Gasteiger partial charge in [-0.25, -0.2) is 4.98 Å². The minimum absolute atomic E-state index is 0.432. The molecule has 0 spiro atoms. The van der Waals surface area contributed by atoms with E-state index in [9.17, 15) is 0 Å². The van der Waals surface area contributed by atoms with Crippen molar-refractivity contribution in [2.75, 3.05) is 18.5 Å². The Labute approximate surface area is 90.9 Å². The van der Waals surface area contributed by atoms with Crippen LogP contribution in [0.15, 0.2) is 18.2 Å². The number of nitrogens with zero attached hydrogens (tertiary/aromatic N) is 1. The number of pyridine rings is 1. The van der Waals surface area contributed by atoms with E-state index in [0.717, 1.165) is 31.1 Å². The number of aryl methyl sites for hydroxylation is 1. The van der Waals surface area contributed by atoms with E-state index in [2.05, 4.69) is 17.2 Å². The van der Waals surface area contributed by atoms with Crippen LogP contribution in [0.25, 0.3) is 0 Å². The van der Waals surface area contributed by atoms with Crippen molar-refractivity contribution in [3.05, 3.63) is 23.9 Å². The minimum Gasteiger partial charge on any atom is -0.381 e. The summed E-state index contributed by atoms with van der Waals surface area (Å²) in [6, 6.07) is 6.48. The molecular weight excluding hydrogens is 188 g/mol. The molecule has 2 atom stereocenters. The molecule has 1 fully saturated rings. The summed E-state index contributed by atoms with van der Waals surface area (Å²) in [7, 11) is 0. The van der Waals surface area contributed by atoms with Crippen molar-refractivity contribution in [3.8, 4) is 0 Å². The molecule has 0 amide bonds. The Kier molecular flexibility index (Phi) is 3.21. The minimum atomic E-state index is 0.432. The van der Waals surface area contributed by atoms with Crippen LogP contribution in [0.5, 0.6) is 0 Å². The van der Waals surface area contributed by atoms with Gasteiger partial charge in [-0.2, -0.15) is 0 Å². The first-order valence-electron chi connectivity index (χ1n) is 5.53. The van der Waals surface area contributed by atoms with Crippen LogP contribution in [0.3, 0.4) is 0 Å². The monoisotopic (exact) mass is 206 g/mol. The van der Waals surface area contributed by atoms with Crippen molar-refractivity contribution in [1.82, 2.24) is 4.98 Å². The third-order valence-corrected chi connectivity index (χ3v) is 2.94. The third-order valence-electron chi connectivity index (χ3n) is 2.94. The maximum Gasteiger partial charge on any atom is 0.126 e. The molecule has 82 valence electrons. The number of ether oxygens (including phenoxy) is 1. The maximum absolute atomic E-state index is 5.38. The smallest absolute Gasteiger partial charge is 0.126 e. The molecule has 1 saturated heterocycles. The highest BCUT2D eigenvalue weighted by molar-refractivity contribution is 5.36. The Morgan fingerprint density at radius 1 is 1.53 bits per heavy atom. The normalized spacial score (nSPS) is 22.7. The first kappa shape index (κ1) is 10.4. The van der Waals surface area contributed by atoms with Gasteiger partial charge in [-0.3, -0.25) is 0 Å². The molecule has 2 unspecified atom stereocenters. The first-order valence-corrected chi connectivity index (χ1v) is 5.53. The molecule has 0 aliphatic carbocycles. The van der Waals surface area contributed by atoms with E-state index in [1.165, 1.54) is 0 Å². The van der Waals surface area contributed by atoms with Crippen LogP contribution in [-0.4, -0.2) is 24.2 Å². The molecule has 0 aromatic carbocycles. The van der Waals surface area contributed by atoms with E-state index < -0.39 is 0 Å². The van der Waals surface area contributed by atoms with Crippen molar-refractivity contribution in [1.29, 1.82) is 0 Å². The van der Waals surface area contributed by atoms with Gasteiger partial charge in [-0.1, -0.05) is 6.07 Å². The fraction of sp³-hybridized carbons (Fsp3) is 0.583. The summed E-state index contributed by atoms with van der Waals surface area (Å²) < 4.78 is 5.38. The molecule has 2 heterocycles. The number of hydrogen-bond donors (Lipinski definition) is 1. The summed E-state index contributed by atoms with van der Waals surface area (Å²) in [5, 5.41) is 3.43. The molecule has 1 aliphatic heterocycles. The van der Waals surface area contributed by atoms with Gasteiger partial charge in [-0.05, 0) is 32.4 Å². The van der Waals surface area contributed by atoms with Crippen molar-refractivity contribution in [2.24, 2.45) is 5.92 Å². The molecule has 15 heavy (non-hydrogen) atoms. The molecular formula is C12H18N2O. The SMILES string of the molecule is Cc1cccc(NC(C)C2CCOC2)n1. The largest absolute Gasteiger partial charge is 0.381 e. The zero-order valence-corrected chi connectivity index (χ0v) is 9.36. The second-order valence-electron chi connectivity index (χ2n) is 4.22.